The van der Waals surface area contributed by atoms with Crippen molar-refractivity contribution in [3.63, 3.8) is 0 Å². The summed E-state index contributed by atoms with van der Waals surface area (Å²) in [5.41, 5.74) is 3.41. The lowest BCUT2D eigenvalue weighted by Gasteiger charge is -2.20. The van der Waals surface area contributed by atoms with Crippen molar-refractivity contribution in [3.05, 3.63) is 33.9 Å². The van der Waals surface area contributed by atoms with Crippen LogP contribution in [0.25, 0.3) is 0 Å². The highest BCUT2D eigenvalue weighted by Crippen LogP contribution is 2.41. The predicted molar refractivity (Wildman–Crippen MR) is 117 cm³/mol. The number of cyclic esters (lactones) is 1. The maximum Gasteiger partial charge on any atom is 0.341 e. The van der Waals surface area contributed by atoms with Gasteiger partial charge in [-0.1, -0.05) is 11.6 Å². The Morgan fingerprint density at radius 3 is 2.48 bits per heavy atom. The lowest BCUT2D eigenvalue weighted by Crippen LogP contribution is -2.26. The molecule has 170 valence electrons. The van der Waals surface area contributed by atoms with E-state index in [4.69, 9.17) is 14.2 Å². The van der Waals surface area contributed by atoms with Crippen LogP contribution in [-0.4, -0.2) is 37.7 Å². The van der Waals surface area contributed by atoms with Crippen LogP contribution in [0.3, 0.4) is 0 Å². The molecule has 0 unspecified atom stereocenters. The first kappa shape index (κ1) is 24.2. The number of urea groups is 1. The topological polar surface area (TPSA) is 103 Å². The van der Waals surface area contributed by atoms with Crippen LogP contribution >= 0.6 is 0 Å². The number of benzene rings is 1. The normalized spacial score (nSPS) is 13.4. The molecule has 0 fully saturated rings. The molecule has 8 nitrogen and oxygen atoms in total. The number of nitrogens with one attached hydrogen (secondary N) is 2. The minimum Gasteiger partial charge on any atom is -0.496 e. The van der Waals surface area contributed by atoms with Crippen LogP contribution in [-0.2, 0) is 27.3 Å². The fourth-order valence-corrected chi connectivity index (χ4v) is 3.44. The molecule has 0 aliphatic carbocycles. The number of carbonyl (C=O) groups is 3. The Bertz CT molecular complexity index is 912. The first-order chi connectivity index (χ1) is 14.5. The zero-order valence-electron chi connectivity index (χ0n) is 19.4. The number of ether oxygens (including phenoxy) is 3. The number of methoxy groups -OCH3 is 1. The number of carbonyl (C=O) groups excluding carboxylic acids is 3. The number of anilines is 1. The molecular formula is C23H32N2O6. The van der Waals surface area contributed by atoms with Crippen molar-refractivity contribution in [2.75, 3.05) is 19.5 Å². The van der Waals surface area contributed by atoms with Gasteiger partial charge in [0.1, 0.15) is 18.0 Å². The predicted octanol–water partition coefficient (Wildman–Crippen LogP) is 4.04. The average Bonchev–Trinajstić information content (AvgIpc) is 3.07. The monoisotopic (exact) mass is 432 g/mol. The number of rotatable bonds is 7. The number of hydrogen-bond acceptors (Lipinski definition) is 6. The Kier molecular flexibility index (Phi) is 7.70. The maximum absolute atomic E-state index is 12.4. The molecule has 0 spiro atoms. The molecular weight excluding hydrogens is 400 g/mol. The minimum atomic E-state index is -0.515. The third-order valence-corrected chi connectivity index (χ3v) is 4.94. The Labute approximate surface area is 183 Å². The summed E-state index contributed by atoms with van der Waals surface area (Å²) in [6.07, 6.45) is 3.18. The van der Waals surface area contributed by atoms with E-state index in [1.807, 2.05) is 40.7 Å². The number of amides is 2. The van der Waals surface area contributed by atoms with Crippen molar-refractivity contribution < 1.29 is 28.6 Å². The molecule has 1 aliphatic rings. The third kappa shape index (κ3) is 5.99. The van der Waals surface area contributed by atoms with Crippen molar-refractivity contribution in [1.82, 2.24) is 5.32 Å². The SMILES string of the molecule is CNC(=O)Nc1c(C/C=C(\C)CCC(=O)OC(C)(C)C)c(OC)c(C)c2c1C(=O)OC2. The highest BCUT2D eigenvalue weighted by atomic mass is 16.6. The van der Waals surface area contributed by atoms with Crippen LogP contribution in [0.4, 0.5) is 10.5 Å². The van der Waals surface area contributed by atoms with E-state index in [-0.39, 0.29) is 19.0 Å². The highest BCUT2D eigenvalue weighted by Gasteiger charge is 2.32. The van der Waals surface area contributed by atoms with E-state index >= 15 is 0 Å². The molecule has 0 radical (unpaired) electrons. The molecule has 1 heterocycles. The molecule has 8 heteroatoms. The van der Waals surface area contributed by atoms with E-state index < -0.39 is 17.6 Å². The summed E-state index contributed by atoms with van der Waals surface area (Å²) in [6, 6.07) is -0.445. The fraction of sp³-hybridized carbons (Fsp3) is 0.522. The van der Waals surface area contributed by atoms with Crippen LogP contribution < -0.4 is 15.4 Å². The number of allylic oxidation sites excluding steroid dienone is 2. The summed E-state index contributed by atoms with van der Waals surface area (Å²) >= 11 is 0. The zero-order chi connectivity index (χ0) is 23.3. The van der Waals surface area contributed by atoms with E-state index in [1.165, 1.54) is 7.05 Å². The van der Waals surface area contributed by atoms with Gasteiger partial charge in [0.05, 0.1) is 18.4 Å². The average molecular weight is 433 g/mol. The van der Waals surface area contributed by atoms with E-state index in [1.54, 1.807) is 7.11 Å². The van der Waals surface area contributed by atoms with Gasteiger partial charge in [-0.05, 0) is 53.0 Å². The smallest absolute Gasteiger partial charge is 0.341 e. The number of esters is 2. The summed E-state index contributed by atoms with van der Waals surface area (Å²) in [5.74, 6) is -0.130. The first-order valence-corrected chi connectivity index (χ1v) is 10.2. The standard InChI is InChI=1S/C23H32N2O6/c1-13(9-11-17(26)31-23(3,4)5)8-10-15-19(25-22(28)24-6)18-16(12-30-21(18)27)14(2)20(15)29-7/h8H,9-12H2,1-7H3,(H2,24,25,28)/b13-8+. The largest absolute Gasteiger partial charge is 0.496 e. The zero-order valence-corrected chi connectivity index (χ0v) is 19.4. The molecule has 1 aliphatic heterocycles. The minimum absolute atomic E-state index is 0.143. The molecule has 2 amide bonds. The molecule has 31 heavy (non-hydrogen) atoms. The van der Waals surface area contributed by atoms with Crippen LogP contribution in [0.1, 0.15) is 67.6 Å². The van der Waals surface area contributed by atoms with Gasteiger partial charge in [0.15, 0.2) is 0 Å². The second kappa shape index (κ2) is 9.85. The molecule has 0 atom stereocenters. The second-order valence-electron chi connectivity index (χ2n) is 8.49. The number of hydrogen-bond donors (Lipinski definition) is 2. The molecule has 2 N–H and O–H groups in total. The molecule has 1 aromatic carbocycles. The van der Waals surface area contributed by atoms with Gasteiger partial charge in [-0.2, -0.15) is 0 Å². The van der Waals surface area contributed by atoms with E-state index in [2.05, 4.69) is 10.6 Å². The van der Waals surface area contributed by atoms with Crippen LogP contribution in [0.5, 0.6) is 5.75 Å². The Morgan fingerprint density at radius 1 is 1.23 bits per heavy atom. The maximum atomic E-state index is 12.4. The lowest BCUT2D eigenvalue weighted by molar-refractivity contribution is -0.154. The van der Waals surface area contributed by atoms with Gasteiger partial charge in [0.25, 0.3) is 0 Å². The molecule has 1 aromatic rings. The quantitative estimate of drug-likeness (QED) is 0.498. The Hall–Kier alpha value is -3.03. The van der Waals surface area contributed by atoms with Crippen molar-refractivity contribution in [1.29, 1.82) is 0 Å². The van der Waals surface area contributed by atoms with Crippen LogP contribution in [0, 0.1) is 6.92 Å². The summed E-state index contributed by atoms with van der Waals surface area (Å²) in [6.45, 7) is 9.44. The molecule has 2 rings (SSSR count). The van der Waals surface area contributed by atoms with Gasteiger partial charge >= 0.3 is 18.0 Å². The van der Waals surface area contributed by atoms with Crippen LogP contribution in [0.2, 0.25) is 0 Å². The van der Waals surface area contributed by atoms with Crippen molar-refractivity contribution in [3.8, 4) is 5.75 Å². The van der Waals surface area contributed by atoms with Gasteiger partial charge in [-0.3, -0.25) is 4.79 Å². The molecule has 0 bridgehead atoms. The lowest BCUT2D eigenvalue weighted by atomic mass is 9.93. The number of fused-ring (bicyclic) bond motifs is 1. The second-order valence-corrected chi connectivity index (χ2v) is 8.49. The van der Waals surface area contributed by atoms with Gasteiger partial charge in [-0.25, -0.2) is 9.59 Å². The van der Waals surface area contributed by atoms with Gasteiger partial charge in [0, 0.05) is 24.6 Å². The summed E-state index contributed by atoms with van der Waals surface area (Å²) in [7, 11) is 3.05. The summed E-state index contributed by atoms with van der Waals surface area (Å²) in [4.78, 5) is 36.4. The molecule has 0 saturated heterocycles. The van der Waals surface area contributed by atoms with Crippen LogP contribution in [0.15, 0.2) is 11.6 Å². The Balaban J connectivity index is 2.34. The third-order valence-electron chi connectivity index (χ3n) is 4.94. The van der Waals surface area contributed by atoms with Gasteiger partial charge in [0.2, 0.25) is 0 Å². The summed E-state index contributed by atoms with van der Waals surface area (Å²) in [5, 5.41) is 5.26. The van der Waals surface area contributed by atoms with Crippen molar-refractivity contribution in [2.45, 2.75) is 66.1 Å². The van der Waals surface area contributed by atoms with E-state index in [0.29, 0.717) is 41.0 Å². The van der Waals surface area contributed by atoms with Crippen molar-refractivity contribution >= 4 is 23.7 Å². The van der Waals surface area contributed by atoms with E-state index in [0.717, 1.165) is 11.1 Å². The molecule has 0 aromatic heterocycles. The van der Waals surface area contributed by atoms with E-state index in [9.17, 15) is 14.4 Å². The summed E-state index contributed by atoms with van der Waals surface area (Å²) < 4.78 is 16.2. The van der Waals surface area contributed by atoms with Crippen molar-refractivity contribution in [2.24, 2.45) is 0 Å². The highest BCUT2D eigenvalue weighted by molar-refractivity contribution is 6.05. The first-order valence-electron chi connectivity index (χ1n) is 10.2. The van der Waals surface area contributed by atoms with Gasteiger partial charge in [-0.15, -0.1) is 0 Å². The Morgan fingerprint density at radius 2 is 1.90 bits per heavy atom. The fourth-order valence-electron chi connectivity index (χ4n) is 3.44. The molecule has 0 saturated carbocycles. The van der Waals surface area contributed by atoms with Gasteiger partial charge < -0.3 is 24.8 Å².